The van der Waals surface area contributed by atoms with Crippen molar-refractivity contribution in [2.45, 2.75) is 45.2 Å². The normalized spacial score (nSPS) is 22.7. The molecule has 0 fully saturated rings. The number of alkyl halides is 2. The van der Waals surface area contributed by atoms with E-state index in [9.17, 15) is 23.6 Å². The molecule has 0 radical (unpaired) electrons. The number of nitriles is 1. The zero-order chi connectivity index (χ0) is 28.1. The van der Waals surface area contributed by atoms with Gasteiger partial charge in [0.05, 0.1) is 34.8 Å². The average molecular weight is 553 g/mol. The molecule has 4 rings (SSSR count). The Labute approximate surface area is 229 Å². The molecule has 0 spiro atoms. The van der Waals surface area contributed by atoms with Crippen molar-refractivity contribution < 1.29 is 18.4 Å². The van der Waals surface area contributed by atoms with E-state index in [1.807, 2.05) is 0 Å². The average Bonchev–Trinajstić information content (AvgIpc) is 2.92. The minimum absolute atomic E-state index is 0.0298. The van der Waals surface area contributed by atoms with Crippen LogP contribution in [0.15, 0.2) is 59.5 Å². The van der Waals surface area contributed by atoms with Gasteiger partial charge < -0.3 is 16.0 Å². The number of pyridine rings is 1. The Hall–Kier alpha value is -4.10. The zero-order valence-electron chi connectivity index (χ0n) is 21.2. The summed E-state index contributed by atoms with van der Waals surface area (Å²) in [6.45, 7) is -0.952. The van der Waals surface area contributed by atoms with E-state index >= 15 is 0 Å². The van der Waals surface area contributed by atoms with Crippen molar-refractivity contribution in [1.82, 2.24) is 15.2 Å². The third-order valence-electron chi connectivity index (χ3n) is 6.89. The van der Waals surface area contributed by atoms with Crippen molar-refractivity contribution >= 4 is 34.7 Å². The number of aromatic nitrogens is 1. The maximum Gasteiger partial charge on any atom is 0.332 e. The highest BCUT2D eigenvalue weighted by molar-refractivity contribution is 6.30. The first kappa shape index (κ1) is 27.9. The Balaban J connectivity index is 1.75. The van der Waals surface area contributed by atoms with E-state index in [1.165, 1.54) is 18.3 Å². The smallest absolute Gasteiger partial charge is 0.332 e. The molecule has 8 nitrogen and oxygen atoms in total. The van der Waals surface area contributed by atoms with Gasteiger partial charge in [-0.25, -0.2) is 4.99 Å². The number of hydrogen-bond acceptors (Lipinski definition) is 6. The van der Waals surface area contributed by atoms with Gasteiger partial charge >= 0.3 is 6.55 Å². The summed E-state index contributed by atoms with van der Waals surface area (Å²) in [4.78, 5) is 35.8. The minimum atomic E-state index is -3.04. The highest BCUT2D eigenvalue weighted by Gasteiger charge is 2.31. The topological polar surface area (TPSA) is 124 Å². The van der Waals surface area contributed by atoms with Crippen LogP contribution in [-0.2, 0) is 9.59 Å². The van der Waals surface area contributed by atoms with Gasteiger partial charge in [-0.2, -0.15) is 14.0 Å². The van der Waals surface area contributed by atoms with Gasteiger partial charge in [-0.15, -0.1) is 0 Å². The van der Waals surface area contributed by atoms with Crippen LogP contribution in [0.2, 0.25) is 5.02 Å². The fraction of sp³-hybridized carbons (Fsp3) is 0.321. The van der Waals surface area contributed by atoms with Crippen LogP contribution in [0, 0.1) is 17.2 Å². The number of carbonyl (C=O) groups is 2. The van der Waals surface area contributed by atoms with Crippen molar-refractivity contribution in [3.8, 4) is 6.07 Å². The lowest BCUT2D eigenvalue weighted by molar-refractivity contribution is -0.129. The first-order chi connectivity index (χ1) is 18.7. The monoisotopic (exact) mass is 552 g/mol. The van der Waals surface area contributed by atoms with Gasteiger partial charge in [0.1, 0.15) is 0 Å². The van der Waals surface area contributed by atoms with Crippen LogP contribution in [0.1, 0.15) is 61.0 Å². The molecule has 2 aliphatic heterocycles. The van der Waals surface area contributed by atoms with Crippen molar-refractivity contribution in [3.05, 3.63) is 81.9 Å². The first-order valence-electron chi connectivity index (χ1n) is 12.5. The Kier molecular flexibility index (Phi) is 8.72. The van der Waals surface area contributed by atoms with Gasteiger partial charge in [0.2, 0.25) is 11.8 Å². The Morgan fingerprint density at radius 1 is 1.28 bits per heavy atom. The fourth-order valence-corrected chi connectivity index (χ4v) is 5.05. The predicted molar refractivity (Wildman–Crippen MR) is 143 cm³/mol. The molecular formula is C28H27ClF2N6O2. The third kappa shape index (κ3) is 6.32. The molecule has 0 saturated heterocycles. The molecule has 2 amide bonds. The maximum absolute atomic E-state index is 13.4. The standard InChI is InChI=1S/C28H27ClF2N6O2/c1-16-3-2-4-24(37-10-8-17(12-25(37)38)21-13-20(29)6-5-19(21)14-32)22-11-18(7-9-34-22)26(36-28(30)31)23(15-33)35-27(16)39/h5-7,9,11-13,15-16,24,28H,2-4,8,10,33H2,1H3,(H,35,39). The van der Waals surface area contributed by atoms with Crippen LogP contribution in [0.4, 0.5) is 8.78 Å². The number of nitrogens with zero attached hydrogens (tertiary/aromatic N) is 4. The van der Waals surface area contributed by atoms with E-state index in [-0.39, 0.29) is 28.8 Å². The summed E-state index contributed by atoms with van der Waals surface area (Å²) in [5.41, 5.74) is 8.05. The highest BCUT2D eigenvalue weighted by atomic mass is 35.5. The second kappa shape index (κ2) is 12.2. The number of aliphatic imine (C=N–C) groups is 1. The molecule has 1 aromatic heterocycles. The number of nitrogens with one attached hydrogen (secondary N) is 1. The molecule has 2 aliphatic rings. The SMILES string of the molecule is CC1CCCC(N2CCC(c3cc(Cl)ccc3C#N)=CC2=O)c2cc(ccn2)C(=NC(F)F)C(=CN)NC1=O. The lowest BCUT2D eigenvalue weighted by Crippen LogP contribution is -2.38. The molecule has 3 N–H and O–H groups in total. The predicted octanol–water partition coefficient (Wildman–Crippen LogP) is 4.71. The number of amides is 2. The van der Waals surface area contributed by atoms with E-state index in [0.717, 1.165) is 6.20 Å². The molecule has 1 aromatic carbocycles. The minimum Gasteiger partial charge on any atom is -0.403 e. The van der Waals surface area contributed by atoms with E-state index in [4.69, 9.17) is 17.3 Å². The van der Waals surface area contributed by atoms with Crippen molar-refractivity contribution in [2.75, 3.05) is 6.54 Å². The Morgan fingerprint density at radius 2 is 2.08 bits per heavy atom. The lowest BCUT2D eigenvalue weighted by atomic mass is 9.92. The lowest BCUT2D eigenvalue weighted by Gasteiger charge is -2.34. The highest BCUT2D eigenvalue weighted by Crippen LogP contribution is 2.34. The number of rotatable bonds is 3. The largest absolute Gasteiger partial charge is 0.403 e. The molecule has 11 heteroatoms. The molecule has 0 aliphatic carbocycles. The van der Waals surface area contributed by atoms with Crippen molar-refractivity contribution in [3.63, 3.8) is 0 Å². The van der Waals surface area contributed by atoms with E-state index in [2.05, 4.69) is 21.4 Å². The summed E-state index contributed by atoms with van der Waals surface area (Å²) < 4.78 is 26.9. The number of fused-ring (bicyclic) bond motifs is 2. The van der Waals surface area contributed by atoms with E-state index < -0.39 is 18.5 Å². The van der Waals surface area contributed by atoms with Crippen molar-refractivity contribution in [2.24, 2.45) is 16.6 Å². The number of nitrogens with two attached hydrogens (primary N) is 1. The molecule has 202 valence electrons. The summed E-state index contributed by atoms with van der Waals surface area (Å²) in [7, 11) is 0. The zero-order valence-corrected chi connectivity index (χ0v) is 22.0. The molecule has 3 heterocycles. The van der Waals surface area contributed by atoms with Crippen LogP contribution in [-0.4, -0.2) is 40.5 Å². The summed E-state index contributed by atoms with van der Waals surface area (Å²) >= 11 is 6.15. The van der Waals surface area contributed by atoms with Gasteiger partial charge in [-0.1, -0.05) is 24.9 Å². The molecular weight excluding hydrogens is 526 g/mol. The maximum atomic E-state index is 13.4. The van der Waals surface area contributed by atoms with Gasteiger partial charge in [-0.05, 0) is 60.7 Å². The number of allylic oxidation sites excluding steroid dienone is 1. The Morgan fingerprint density at radius 3 is 2.77 bits per heavy atom. The molecule has 2 aromatic rings. The number of halogens is 3. The van der Waals surface area contributed by atoms with Gasteiger partial charge in [-0.3, -0.25) is 14.6 Å². The van der Waals surface area contributed by atoms with Crippen LogP contribution in [0.5, 0.6) is 0 Å². The molecule has 2 unspecified atom stereocenters. The van der Waals surface area contributed by atoms with Gasteiger partial charge in [0.15, 0.2) is 0 Å². The first-order valence-corrected chi connectivity index (χ1v) is 12.9. The molecule has 0 saturated carbocycles. The summed E-state index contributed by atoms with van der Waals surface area (Å²) in [5.74, 6) is -1.06. The van der Waals surface area contributed by atoms with Gasteiger partial charge in [0.25, 0.3) is 0 Å². The summed E-state index contributed by atoms with van der Waals surface area (Å²) in [6, 6.07) is 9.70. The van der Waals surface area contributed by atoms with E-state index in [1.54, 1.807) is 36.1 Å². The number of benzene rings is 1. The van der Waals surface area contributed by atoms with Crippen LogP contribution < -0.4 is 11.1 Å². The third-order valence-corrected chi connectivity index (χ3v) is 7.13. The van der Waals surface area contributed by atoms with E-state index in [0.29, 0.717) is 59.6 Å². The number of carbonyl (C=O) groups excluding carboxylic acids is 2. The fourth-order valence-electron chi connectivity index (χ4n) is 4.88. The number of hydrogen-bond donors (Lipinski definition) is 2. The second-order valence-electron chi connectivity index (χ2n) is 9.40. The summed E-state index contributed by atoms with van der Waals surface area (Å²) in [6.07, 6.45) is 6.10. The molecule has 2 bridgehead atoms. The quantitative estimate of drug-likeness (QED) is 0.533. The van der Waals surface area contributed by atoms with Gasteiger partial charge in [0, 0.05) is 41.5 Å². The second-order valence-corrected chi connectivity index (χ2v) is 9.83. The molecule has 2 atom stereocenters. The summed E-state index contributed by atoms with van der Waals surface area (Å²) in [5, 5.41) is 12.6. The Bertz CT molecular complexity index is 1420. The van der Waals surface area contributed by atoms with Crippen molar-refractivity contribution in [1.29, 1.82) is 5.26 Å². The van der Waals surface area contributed by atoms with Crippen LogP contribution >= 0.6 is 11.6 Å². The molecule has 39 heavy (non-hydrogen) atoms. The van der Waals surface area contributed by atoms with Crippen LogP contribution in [0.3, 0.4) is 0 Å². The van der Waals surface area contributed by atoms with Crippen LogP contribution in [0.25, 0.3) is 5.57 Å².